The van der Waals surface area contributed by atoms with Gasteiger partial charge in [-0.05, 0) is 17.9 Å². The average Bonchev–Trinajstić information content (AvgIpc) is 2.38. The maximum atomic E-state index is 5.54. The molecule has 0 heterocycles. The summed E-state index contributed by atoms with van der Waals surface area (Å²) in [4.78, 5) is 0. The van der Waals surface area contributed by atoms with Crippen molar-refractivity contribution in [3.8, 4) is 0 Å². The number of hydrogen-bond acceptors (Lipinski definition) is 2. The number of methoxy groups -OCH3 is 1. The van der Waals surface area contributed by atoms with Gasteiger partial charge in [-0.2, -0.15) is 0 Å². The summed E-state index contributed by atoms with van der Waals surface area (Å²) in [5, 5.41) is 3.84. The second-order valence-corrected chi connectivity index (χ2v) is 6.63. The predicted octanol–water partition coefficient (Wildman–Crippen LogP) is 3.79. The largest absolute Gasteiger partial charge is 0.381 e. The van der Waals surface area contributed by atoms with Gasteiger partial charge in [-0.1, -0.05) is 58.0 Å². The Morgan fingerprint density at radius 1 is 1.21 bits per heavy atom. The molecule has 3 atom stereocenters. The first-order valence-corrected chi connectivity index (χ1v) is 7.30. The van der Waals surface area contributed by atoms with Gasteiger partial charge >= 0.3 is 0 Å². The Morgan fingerprint density at radius 2 is 1.84 bits per heavy atom. The lowest BCUT2D eigenvalue weighted by Crippen LogP contribution is -2.61. The molecule has 0 spiro atoms. The van der Waals surface area contributed by atoms with Crippen molar-refractivity contribution in [1.82, 2.24) is 5.32 Å². The first kappa shape index (κ1) is 14.5. The minimum Gasteiger partial charge on any atom is -0.381 e. The quantitative estimate of drug-likeness (QED) is 0.871. The summed E-state index contributed by atoms with van der Waals surface area (Å²) in [5.41, 5.74) is 1.60. The SMILES string of the molecule is COC1CC(NC(c2ccccc2)C(C)C)C1(C)C. The van der Waals surface area contributed by atoms with Gasteiger partial charge in [0.2, 0.25) is 0 Å². The van der Waals surface area contributed by atoms with E-state index in [2.05, 4.69) is 63.3 Å². The van der Waals surface area contributed by atoms with Crippen LogP contribution in [0.3, 0.4) is 0 Å². The zero-order valence-electron chi connectivity index (χ0n) is 12.8. The highest BCUT2D eigenvalue weighted by Gasteiger charge is 2.49. The van der Waals surface area contributed by atoms with E-state index in [0.717, 1.165) is 6.42 Å². The number of nitrogens with one attached hydrogen (secondary N) is 1. The van der Waals surface area contributed by atoms with E-state index in [4.69, 9.17) is 4.74 Å². The normalized spacial score (nSPS) is 27.1. The van der Waals surface area contributed by atoms with Crippen LogP contribution in [0.15, 0.2) is 30.3 Å². The van der Waals surface area contributed by atoms with Gasteiger partial charge in [0.1, 0.15) is 0 Å². The van der Waals surface area contributed by atoms with Crippen molar-refractivity contribution in [1.29, 1.82) is 0 Å². The minimum atomic E-state index is 0.219. The van der Waals surface area contributed by atoms with Crippen LogP contribution in [0.4, 0.5) is 0 Å². The van der Waals surface area contributed by atoms with Crippen LogP contribution in [0.5, 0.6) is 0 Å². The zero-order chi connectivity index (χ0) is 14.0. The van der Waals surface area contributed by atoms with Gasteiger partial charge in [-0.15, -0.1) is 0 Å². The number of ether oxygens (including phenoxy) is 1. The first-order chi connectivity index (χ1) is 8.96. The second-order valence-electron chi connectivity index (χ2n) is 6.63. The molecule has 0 amide bonds. The van der Waals surface area contributed by atoms with Crippen molar-refractivity contribution in [2.75, 3.05) is 7.11 Å². The van der Waals surface area contributed by atoms with Crippen molar-refractivity contribution in [2.45, 2.75) is 52.3 Å². The van der Waals surface area contributed by atoms with Crippen LogP contribution in [0.25, 0.3) is 0 Å². The molecular formula is C17H27NO. The molecule has 0 bridgehead atoms. The van der Waals surface area contributed by atoms with E-state index < -0.39 is 0 Å². The van der Waals surface area contributed by atoms with Crippen LogP contribution in [0.2, 0.25) is 0 Å². The third-order valence-electron chi connectivity index (χ3n) is 4.67. The average molecular weight is 261 g/mol. The van der Waals surface area contributed by atoms with E-state index in [1.807, 2.05) is 7.11 Å². The monoisotopic (exact) mass is 261 g/mol. The summed E-state index contributed by atoms with van der Waals surface area (Å²) in [6, 6.07) is 11.7. The highest BCUT2D eigenvalue weighted by atomic mass is 16.5. The highest BCUT2D eigenvalue weighted by Crippen LogP contribution is 2.43. The fraction of sp³-hybridized carbons (Fsp3) is 0.647. The van der Waals surface area contributed by atoms with Crippen molar-refractivity contribution in [2.24, 2.45) is 11.3 Å². The van der Waals surface area contributed by atoms with Gasteiger partial charge in [0, 0.05) is 24.6 Å². The molecule has 2 heteroatoms. The Hall–Kier alpha value is -0.860. The molecule has 0 saturated heterocycles. The molecule has 19 heavy (non-hydrogen) atoms. The molecule has 1 saturated carbocycles. The second kappa shape index (κ2) is 5.64. The summed E-state index contributed by atoms with van der Waals surface area (Å²) in [6.07, 6.45) is 1.49. The van der Waals surface area contributed by atoms with Crippen molar-refractivity contribution in [3.05, 3.63) is 35.9 Å². The Balaban J connectivity index is 2.08. The Morgan fingerprint density at radius 3 is 2.32 bits per heavy atom. The molecule has 1 aliphatic carbocycles. The Bertz CT molecular complexity index is 399. The van der Waals surface area contributed by atoms with Crippen molar-refractivity contribution >= 4 is 0 Å². The summed E-state index contributed by atoms with van der Waals surface area (Å²) in [7, 11) is 1.82. The fourth-order valence-electron chi connectivity index (χ4n) is 3.12. The third-order valence-corrected chi connectivity index (χ3v) is 4.67. The standard InChI is InChI=1S/C17H27NO/c1-12(2)16(13-9-7-6-8-10-13)18-14-11-15(19-5)17(14,3)4/h6-10,12,14-16,18H,11H2,1-5H3. The molecule has 0 aromatic heterocycles. The van der Waals surface area contributed by atoms with Crippen LogP contribution >= 0.6 is 0 Å². The fourth-order valence-corrected chi connectivity index (χ4v) is 3.12. The molecule has 2 rings (SSSR count). The van der Waals surface area contributed by atoms with Gasteiger partial charge < -0.3 is 10.1 Å². The molecule has 0 aliphatic heterocycles. The van der Waals surface area contributed by atoms with Gasteiger partial charge in [-0.25, -0.2) is 0 Å². The van der Waals surface area contributed by atoms with Crippen LogP contribution in [0, 0.1) is 11.3 Å². The van der Waals surface area contributed by atoms with Crippen LogP contribution in [-0.4, -0.2) is 19.3 Å². The Kier molecular flexibility index (Phi) is 4.32. The van der Waals surface area contributed by atoms with Gasteiger partial charge in [0.25, 0.3) is 0 Å². The summed E-state index contributed by atoms with van der Waals surface area (Å²) in [6.45, 7) is 9.16. The molecule has 2 nitrogen and oxygen atoms in total. The van der Waals surface area contributed by atoms with Crippen molar-refractivity contribution < 1.29 is 4.74 Å². The van der Waals surface area contributed by atoms with Gasteiger partial charge in [0.05, 0.1) is 6.10 Å². The van der Waals surface area contributed by atoms with Crippen molar-refractivity contribution in [3.63, 3.8) is 0 Å². The molecule has 1 aromatic rings. The Labute approximate surface area is 117 Å². The van der Waals surface area contributed by atoms with Crippen LogP contribution in [-0.2, 0) is 4.74 Å². The molecule has 1 aromatic carbocycles. The van der Waals surface area contributed by atoms with E-state index in [-0.39, 0.29) is 5.41 Å². The zero-order valence-corrected chi connectivity index (χ0v) is 12.8. The van der Waals surface area contributed by atoms with E-state index in [1.54, 1.807) is 0 Å². The van der Waals surface area contributed by atoms with E-state index in [0.29, 0.717) is 24.1 Å². The number of benzene rings is 1. The molecule has 1 aliphatic rings. The maximum absolute atomic E-state index is 5.54. The lowest BCUT2D eigenvalue weighted by Gasteiger charge is -2.53. The first-order valence-electron chi connectivity index (χ1n) is 7.30. The number of rotatable bonds is 5. The highest BCUT2D eigenvalue weighted by molar-refractivity contribution is 5.20. The summed E-state index contributed by atoms with van der Waals surface area (Å²) < 4.78 is 5.54. The molecule has 0 radical (unpaired) electrons. The predicted molar refractivity (Wildman–Crippen MR) is 80.1 cm³/mol. The minimum absolute atomic E-state index is 0.219. The van der Waals surface area contributed by atoms with Gasteiger partial charge in [-0.3, -0.25) is 0 Å². The third kappa shape index (κ3) is 2.85. The smallest absolute Gasteiger partial charge is 0.0652 e. The van der Waals surface area contributed by atoms with E-state index in [1.165, 1.54) is 5.56 Å². The lowest BCUT2D eigenvalue weighted by atomic mass is 9.64. The lowest BCUT2D eigenvalue weighted by molar-refractivity contribution is -0.102. The summed E-state index contributed by atoms with van der Waals surface area (Å²) >= 11 is 0. The topological polar surface area (TPSA) is 21.3 Å². The number of hydrogen-bond donors (Lipinski definition) is 1. The molecular weight excluding hydrogens is 234 g/mol. The maximum Gasteiger partial charge on any atom is 0.0652 e. The van der Waals surface area contributed by atoms with Crippen LogP contribution < -0.4 is 5.32 Å². The summed E-state index contributed by atoms with van der Waals surface area (Å²) in [5.74, 6) is 0.583. The molecule has 3 unspecified atom stereocenters. The van der Waals surface area contributed by atoms with E-state index >= 15 is 0 Å². The molecule has 106 valence electrons. The van der Waals surface area contributed by atoms with E-state index in [9.17, 15) is 0 Å². The molecule has 1 N–H and O–H groups in total. The van der Waals surface area contributed by atoms with Gasteiger partial charge in [0.15, 0.2) is 0 Å². The van der Waals surface area contributed by atoms with Crippen LogP contribution in [0.1, 0.15) is 45.7 Å². The molecule has 1 fully saturated rings.